The van der Waals surface area contributed by atoms with E-state index in [1.165, 1.54) is 18.8 Å². The molecule has 23 heavy (non-hydrogen) atoms. The van der Waals surface area contributed by atoms with Crippen LogP contribution in [0.5, 0.6) is 11.5 Å². The fourth-order valence-electron chi connectivity index (χ4n) is 2.55. The molecule has 2 aromatic rings. The summed E-state index contributed by atoms with van der Waals surface area (Å²) >= 11 is 0. The van der Waals surface area contributed by atoms with E-state index in [9.17, 15) is 14.7 Å². The summed E-state index contributed by atoms with van der Waals surface area (Å²) in [6.45, 7) is 3.62. The minimum Gasteiger partial charge on any atom is -0.496 e. The standard InChI is InChI=1S/C17H19NO5/c1-9-10(2)16(19)18(3)8-12(9)11-6-13(22-4)15(17(20)21)14(7-11)23-5/h6-8H,1-5H3,(H,20,21). The molecule has 0 fully saturated rings. The van der Waals surface area contributed by atoms with Crippen LogP contribution in [-0.2, 0) is 7.05 Å². The number of methoxy groups -OCH3 is 2. The average molecular weight is 317 g/mol. The molecular weight excluding hydrogens is 298 g/mol. The average Bonchev–Trinajstić information content (AvgIpc) is 2.54. The van der Waals surface area contributed by atoms with Crippen molar-refractivity contribution < 1.29 is 19.4 Å². The molecular formula is C17H19NO5. The SMILES string of the molecule is COc1cc(-c2cn(C)c(=O)c(C)c2C)cc(OC)c1C(=O)O. The Hall–Kier alpha value is -2.76. The predicted octanol–water partition coefficient (Wildman–Crippen LogP) is 2.38. The van der Waals surface area contributed by atoms with Crippen LogP contribution in [-0.4, -0.2) is 29.9 Å². The van der Waals surface area contributed by atoms with Gasteiger partial charge in [-0.3, -0.25) is 4.79 Å². The number of aryl methyl sites for hydroxylation is 1. The highest BCUT2D eigenvalue weighted by Gasteiger charge is 2.20. The maximum Gasteiger partial charge on any atom is 0.343 e. The van der Waals surface area contributed by atoms with Gasteiger partial charge in [-0.05, 0) is 37.1 Å². The van der Waals surface area contributed by atoms with Gasteiger partial charge in [0, 0.05) is 24.4 Å². The summed E-state index contributed by atoms with van der Waals surface area (Å²) in [6.07, 6.45) is 1.72. The fourth-order valence-corrected chi connectivity index (χ4v) is 2.55. The first-order chi connectivity index (χ1) is 10.8. The highest BCUT2D eigenvalue weighted by molar-refractivity contribution is 5.95. The Bertz CT molecular complexity index is 811. The molecule has 0 saturated heterocycles. The number of hydrogen-bond acceptors (Lipinski definition) is 4. The van der Waals surface area contributed by atoms with Crippen molar-refractivity contribution in [3.63, 3.8) is 0 Å². The number of carbonyl (C=O) groups is 1. The van der Waals surface area contributed by atoms with Gasteiger partial charge >= 0.3 is 5.97 Å². The summed E-state index contributed by atoms with van der Waals surface area (Å²) in [6, 6.07) is 3.27. The summed E-state index contributed by atoms with van der Waals surface area (Å²) < 4.78 is 11.9. The topological polar surface area (TPSA) is 77.8 Å². The van der Waals surface area contributed by atoms with E-state index in [1.54, 1.807) is 32.3 Å². The normalized spacial score (nSPS) is 10.5. The van der Waals surface area contributed by atoms with Crippen LogP contribution in [0.2, 0.25) is 0 Å². The molecule has 1 heterocycles. The number of rotatable bonds is 4. The molecule has 0 atom stereocenters. The maximum atomic E-state index is 12.0. The highest BCUT2D eigenvalue weighted by Crippen LogP contribution is 2.36. The second kappa shape index (κ2) is 6.16. The molecule has 0 bridgehead atoms. The maximum absolute atomic E-state index is 12.0. The Morgan fingerprint density at radius 2 is 1.61 bits per heavy atom. The second-order valence-electron chi connectivity index (χ2n) is 5.27. The third kappa shape index (κ3) is 2.79. The fraction of sp³-hybridized carbons (Fsp3) is 0.294. The smallest absolute Gasteiger partial charge is 0.343 e. The first kappa shape index (κ1) is 16.6. The molecule has 0 radical (unpaired) electrons. The van der Waals surface area contributed by atoms with Crippen molar-refractivity contribution in [2.75, 3.05) is 14.2 Å². The van der Waals surface area contributed by atoms with Gasteiger partial charge in [0.25, 0.3) is 5.56 Å². The third-order valence-electron chi connectivity index (χ3n) is 3.96. The van der Waals surface area contributed by atoms with Gasteiger partial charge < -0.3 is 19.1 Å². The van der Waals surface area contributed by atoms with Crippen molar-refractivity contribution in [3.05, 3.63) is 45.4 Å². The zero-order chi connectivity index (χ0) is 17.3. The van der Waals surface area contributed by atoms with Crippen LogP contribution in [0.4, 0.5) is 0 Å². The summed E-state index contributed by atoms with van der Waals surface area (Å²) in [5, 5.41) is 9.34. The predicted molar refractivity (Wildman–Crippen MR) is 86.7 cm³/mol. The summed E-state index contributed by atoms with van der Waals surface area (Å²) in [4.78, 5) is 23.4. The van der Waals surface area contributed by atoms with Gasteiger partial charge in [-0.25, -0.2) is 4.79 Å². The van der Waals surface area contributed by atoms with Crippen LogP contribution < -0.4 is 15.0 Å². The number of aromatic carboxylic acids is 1. The molecule has 0 saturated carbocycles. The molecule has 6 nitrogen and oxygen atoms in total. The number of pyridine rings is 1. The van der Waals surface area contributed by atoms with Crippen LogP contribution >= 0.6 is 0 Å². The van der Waals surface area contributed by atoms with Crippen LogP contribution in [0.25, 0.3) is 11.1 Å². The minimum absolute atomic E-state index is 0.0297. The summed E-state index contributed by atoms with van der Waals surface area (Å²) in [7, 11) is 4.49. The van der Waals surface area contributed by atoms with E-state index in [4.69, 9.17) is 9.47 Å². The third-order valence-corrected chi connectivity index (χ3v) is 3.96. The number of aromatic nitrogens is 1. The second-order valence-corrected chi connectivity index (χ2v) is 5.27. The van der Waals surface area contributed by atoms with Crippen molar-refractivity contribution in [3.8, 4) is 22.6 Å². The number of carboxylic acid groups (broad SMARTS) is 1. The van der Waals surface area contributed by atoms with Crippen LogP contribution in [0.15, 0.2) is 23.1 Å². The largest absolute Gasteiger partial charge is 0.496 e. The molecule has 0 aliphatic carbocycles. The van der Waals surface area contributed by atoms with Crippen molar-refractivity contribution in [1.82, 2.24) is 4.57 Å². The molecule has 0 aliphatic heterocycles. The Labute approximate surface area is 133 Å². The van der Waals surface area contributed by atoms with Gasteiger partial charge in [0.05, 0.1) is 14.2 Å². The Morgan fingerprint density at radius 1 is 1.09 bits per heavy atom. The van der Waals surface area contributed by atoms with Gasteiger partial charge in [0.1, 0.15) is 17.1 Å². The van der Waals surface area contributed by atoms with Crippen LogP contribution in [0.3, 0.4) is 0 Å². The molecule has 2 rings (SSSR count). The minimum atomic E-state index is -1.13. The summed E-state index contributed by atoms with van der Waals surface area (Å²) in [5.41, 5.74) is 2.92. The molecule has 0 amide bonds. The number of benzene rings is 1. The highest BCUT2D eigenvalue weighted by atomic mass is 16.5. The van der Waals surface area contributed by atoms with Gasteiger partial charge in [0.2, 0.25) is 0 Å². The summed E-state index contributed by atoms with van der Waals surface area (Å²) in [5.74, 6) is -0.714. The number of nitrogens with zero attached hydrogens (tertiary/aromatic N) is 1. The molecule has 0 unspecified atom stereocenters. The van der Waals surface area contributed by atoms with Crippen molar-refractivity contribution in [1.29, 1.82) is 0 Å². The molecule has 0 spiro atoms. The van der Waals surface area contributed by atoms with Gasteiger partial charge in [-0.1, -0.05) is 0 Å². The monoisotopic (exact) mass is 317 g/mol. The zero-order valence-corrected chi connectivity index (χ0v) is 13.8. The molecule has 122 valence electrons. The molecule has 0 aliphatic rings. The lowest BCUT2D eigenvalue weighted by Crippen LogP contribution is -2.20. The van der Waals surface area contributed by atoms with Gasteiger partial charge in [0.15, 0.2) is 0 Å². The molecule has 1 N–H and O–H groups in total. The van der Waals surface area contributed by atoms with E-state index in [2.05, 4.69) is 0 Å². The zero-order valence-electron chi connectivity index (χ0n) is 13.8. The molecule has 6 heteroatoms. The lowest BCUT2D eigenvalue weighted by Gasteiger charge is -2.15. The first-order valence-electron chi connectivity index (χ1n) is 6.98. The van der Waals surface area contributed by atoms with Crippen molar-refractivity contribution in [2.45, 2.75) is 13.8 Å². The van der Waals surface area contributed by atoms with E-state index in [1.807, 2.05) is 6.92 Å². The number of hydrogen-bond donors (Lipinski definition) is 1. The lowest BCUT2D eigenvalue weighted by molar-refractivity contribution is 0.0689. The van der Waals surface area contributed by atoms with Crippen molar-refractivity contribution in [2.24, 2.45) is 7.05 Å². The van der Waals surface area contributed by atoms with E-state index in [-0.39, 0.29) is 22.6 Å². The lowest BCUT2D eigenvalue weighted by atomic mass is 9.97. The molecule has 1 aromatic carbocycles. The Kier molecular flexibility index (Phi) is 4.45. The Balaban J connectivity index is 2.80. The number of carboxylic acids is 1. The number of ether oxygens (including phenoxy) is 2. The quantitative estimate of drug-likeness (QED) is 0.937. The van der Waals surface area contributed by atoms with E-state index < -0.39 is 5.97 Å². The van der Waals surface area contributed by atoms with Crippen molar-refractivity contribution >= 4 is 5.97 Å². The van der Waals surface area contributed by atoms with E-state index in [0.29, 0.717) is 5.56 Å². The Morgan fingerprint density at radius 3 is 2.04 bits per heavy atom. The first-order valence-corrected chi connectivity index (χ1v) is 6.98. The van der Waals surface area contributed by atoms with Crippen LogP contribution in [0.1, 0.15) is 21.5 Å². The molecule has 1 aromatic heterocycles. The van der Waals surface area contributed by atoms with Crippen LogP contribution in [0, 0.1) is 13.8 Å². The van der Waals surface area contributed by atoms with Gasteiger partial charge in [-0.2, -0.15) is 0 Å². The van der Waals surface area contributed by atoms with E-state index in [0.717, 1.165) is 16.7 Å². The van der Waals surface area contributed by atoms with Gasteiger partial charge in [-0.15, -0.1) is 0 Å². The van der Waals surface area contributed by atoms with E-state index >= 15 is 0 Å².